The molecule has 0 spiro atoms. The zero-order valence-electron chi connectivity index (χ0n) is 18.1. The van der Waals surface area contributed by atoms with Crippen molar-refractivity contribution in [2.45, 2.75) is 31.5 Å². The van der Waals surface area contributed by atoms with Crippen molar-refractivity contribution in [1.82, 2.24) is 20.0 Å². The Bertz CT molecular complexity index is 1080. The van der Waals surface area contributed by atoms with Crippen LogP contribution in [0.15, 0.2) is 35.0 Å². The molecule has 1 saturated heterocycles. The van der Waals surface area contributed by atoms with Crippen LogP contribution in [0.5, 0.6) is 17.2 Å². The van der Waals surface area contributed by atoms with Crippen molar-refractivity contribution < 1.29 is 32.3 Å². The number of phenolic OH excluding ortho intramolecular Hbond substituents is 1. The highest BCUT2D eigenvalue weighted by Crippen LogP contribution is 2.38. The number of aromatic nitrogens is 3. The average Bonchev–Trinajstić information content (AvgIpc) is 3.31. The smallest absolute Gasteiger partial charge is 0.471 e. The Hall–Kier alpha value is -3.34. The van der Waals surface area contributed by atoms with Gasteiger partial charge in [-0.05, 0) is 49.2 Å². The Morgan fingerprint density at radius 3 is 2.48 bits per heavy atom. The van der Waals surface area contributed by atoms with E-state index in [1.54, 1.807) is 24.3 Å². The van der Waals surface area contributed by atoms with Gasteiger partial charge in [-0.3, -0.25) is 9.88 Å². The summed E-state index contributed by atoms with van der Waals surface area (Å²) in [7, 11) is 2.98. The van der Waals surface area contributed by atoms with Gasteiger partial charge in [0.05, 0.1) is 14.2 Å². The van der Waals surface area contributed by atoms with E-state index >= 15 is 0 Å². The number of alkyl halides is 3. The molecule has 0 bridgehead atoms. The second-order valence-corrected chi connectivity index (χ2v) is 7.82. The first-order chi connectivity index (χ1) is 15.8. The maximum absolute atomic E-state index is 12.7. The van der Waals surface area contributed by atoms with Crippen LogP contribution in [-0.2, 0) is 12.7 Å². The standard InChI is InChI=1S/C22H23F3N4O4/c1-31-17-8-13(9-18(32-2)19(17)30)11-29-7-3-4-15(12-29)16-6-5-14(10-26-16)20-27-21(33-28-20)22(23,24)25/h5-6,8-10,15,30H,3-4,7,11-12H2,1-2H3/t15-/m0/s1. The van der Waals surface area contributed by atoms with Crippen LogP contribution in [0.1, 0.15) is 35.9 Å². The number of phenols is 1. The summed E-state index contributed by atoms with van der Waals surface area (Å²) in [4.78, 5) is 10.1. The second kappa shape index (κ2) is 9.26. The summed E-state index contributed by atoms with van der Waals surface area (Å²) in [5.41, 5.74) is 2.15. The second-order valence-electron chi connectivity index (χ2n) is 7.82. The van der Waals surface area contributed by atoms with Gasteiger partial charge in [-0.25, -0.2) is 0 Å². The van der Waals surface area contributed by atoms with E-state index < -0.39 is 12.1 Å². The molecule has 0 amide bonds. The van der Waals surface area contributed by atoms with Crippen LogP contribution in [0.3, 0.4) is 0 Å². The molecule has 176 valence electrons. The maximum atomic E-state index is 12.7. The lowest BCUT2D eigenvalue weighted by atomic mass is 9.93. The zero-order valence-corrected chi connectivity index (χ0v) is 18.1. The van der Waals surface area contributed by atoms with E-state index in [0.717, 1.165) is 37.2 Å². The highest BCUT2D eigenvalue weighted by atomic mass is 19.4. The topological polar surface area (TPSA) is 93.7 Å². The predicted molar refractivity (Wildman–Crippen MR) is 111 cm³/mol. The number of hydrogen-bond acceptors (Lipinski definition) is 8. The van der Waals surface area contributed by atoms with Crippen molar-refractivity contribution in [2.75, 3.05) is 27.3 Å². The van der Waals surface area contributed by atoms with Crippen LogP contribution in [-0.4, -0.2) is 52.4 Å². The van der Waals surface area contributed by atoms with Crippen molar-refractivity contribution in [3.8, 4) is 28.6 Å². The molecule has 4 rings (SSSR count). The van der Waals surface area contributed by atoms with Gasteiger partial charge in [-0.1, -0.05) is 5.16 Å². The molecule has 3 aromatic rings. The first kappa shape index (κ1) is 22.8. The third kappa shape index (κ3) is 5.03. The van der Waals surface area contributed by atoms with Gasteiger partial charge in [-0.15, -0.1) is 0 Å². The fourth-order valence-corrected chi connectivity index (χ4v) is 3.97. The molecule has 1 aliphatic heterocycles. The molecule has 1 fully saturated rings. The van der Waals surface area contributed by atoms with Crippen molar-refractivity contribution in [2.24, 2.45) is 0 Å². The quantitative estimate of drug-likeness (QED) is 0.579. The summed E-state index contributed by atoms with van der Waals surface area (Å²) in [6, 6.07) is 7.02. The molecule has 3 heterocycles. The molecule has 1 aromatic carbocycles. The number of nitrogens with zero attached hydrogens (tertiary/aromatic N) is 4. The lowest BCUT2D eigenvalue weighted by Gasteiger charge is -2.32. The van der Waals surface area contributed by atoms with Gasteiger partial charge >= 0.3 is 12.1 Å². The van der Waals surface area contributed by atoms with E-state index in [2.05, 4.69) is 24.5 Å². The van der Waals surface area contributed by atoms with Gasteiger partial charge in [0.2, 0.25) is 11.6 Å². The number of methoxy groups -OCH3 is 2. The van der Waals surface area contributed by atoms with E-state index in [1.807, 2.05) is 0 Å². The van der Waals surface area contributed by atoms with Gasteiger partial charge in [0, 0.05) is 36.5 Å². The Balaban J connectivity index is 1.45. The Morgan fingerprint density at radius 1 is 1.18 bits per heavy atom. The first-order valence-corrected chi connectivity index (χ1v) is 10.3. The average molecular weight is 464 g/mol. The number of piperidine rings is 1. The zero-order chi connectivity index (χ0) is 23.6. The van der Waals surface area contributed by atoms with E-state index in [1.165, 1.54) is 20.4 Å². The lowest BCUT2D eigenvalue weighted by molar-refractivity contribution is -0.159. The van der Waals surface area contributed by atoms with E-state index in [9.17, 15) is 18.3 Å². The van der Waals surface area contributed by atoms with Gasteiger partial charge in [-0.2, -0.15) is 18.2 Å². The Kier molecular flexibility index (Phi) is 6.41. The third-order valence-electron chi connectivity index (χ3n) is 5.58. The highest BCUT2D eigenvalue weighted by molar-refractivity contribution is 5.53. The fraction of sp³-hybridized carbons (Fsp3) is 0.409. The molecule has 1 atom stereocenters. The number of halogens is 3. The van der Waals surface area contributed by atoms with Crippen molar-refractivity contribution in [1.29, 1.82) is 0 Å². The lowest BCUT2D eigenvalue weighted by Crippen LogP contribution is -2.34. The molecule has 1 aliphatic rings. The van der Waals surface area contributed by atoms with Crippen LogP contribution in [0.2, 0.25) is 0 Å². The SMILES string of the molecule is COc1cc(CN2CCC[C@H](c3ccc(-c4noc(C(F)(F)F)n4)cn3)C2)cc(OC)c1O. The van der Waals surface area contributed by atoms with E-state index in [-0.39, 0.29) is 17.5 Å². The molecular weight excluding hydrogens is 441 g/mol. The Morgan fingerprint density at radius 2 is 1.91 bits per heavy atom. The molecule has 33 heavy (non-hydrogen) atoms. The van der Waals surface area contributed by atoms with Crippen LogP contribution in [0, 0.1) is 0 Å². The summed E-state index contributed by atoms with van der Waals surface area (Å²) >= 11 is 0. The van der Waals surface area contributed by atoms with Crippen LogP contribution < -0.4 is 9.47 Å². The minimum absolute atomic E-state index is 0.0338. The normalized spacial score (nSPS) is 17.2. The molecular formula is C22H23F3N4O4. The third-order valence-corrected chi connectivity index (χ3v) is 5.58. The van der Waals surface area contributed by atoms with Gasteiger partial charge in [0.25, 0.3) is 0 Å². The largest absolute Gasteiger partial charge is 0.502 e. The minimum Gasteiger partial charge on any atom is -0.502 e. The fourth-order valence-electron chi connectivity index (χ4n) is 3.97. The molecule has 0 radical (unpaired) electrons. The molecule has 0 aliphatic carbocycles. The van der Waals surface area contributed by atoms with Crippen LogP contribution >= 0.6 is 0 Å². The number of aromatic hydroxyl groups is 1. The van der Waals surface area contributed by atoms with Crippen molar-refractivity contribution >= 4 is 0 Å². The molecule has 0 unspecified atom stereocenters. The van der Waals surface area contributed by atoms with Crippen molar-refractivity contribution in [3.05, 3.63) is 47.6 Å². The molecule has 11 heteroatoms. The van der Waals surface area contributed by atoms with Gasteiger partial charge in [0.1, 0.15) is 0 Å². The molecule has 0 saturated carbocycles. The number of rotatable bonds is 6. The number of hydrogen-bond donors (Lipinski definition) is 1. The molecule has 8 nitrogen and oxygen atoms in total. The summed E-state index contributed by atoms with van der Waals surface area (Å²) < 4.78 is 52.8. The highest BCUT2D eigenvalue weighted by Gasteiger charge is 2.38. The van der Waals surface area contributed by atoms with Crippen molar-refractivity contribution in [3.63, 3.8) is 0 Å². The number of benzene rings is 1. The Labute approximate surface area is 188 Å². The summed E-state index contributed by atoms with van der Waals surface area (Å²) in [5, 5.41) is 13.5. The number of pyridine rings is 1. The predicted octanol–water partition coefficient (Wildman–Crippen LogP) is 4.25. The first-order valence-electron chi connectivity index (χ1n) is 10.3. The molecule has 2 aromatic heterocycles. The summed E-state index contributed by atoms with van der Waals surface area (Å²) in [5.74, 6) is -0.692. The van der Waals surface area contributed by atoms with Crippen LogP contribution in [0.25, 0.3) is 11.4 Å². The number of likely N-dealkylation sites (tertiary alicyclic amines) is 1. The van der Waals surface area contributed by atoms with Crippen LogP contribution in [0.4, 0.5) is 13.2 Å². The summed E-state index contributed by atoms with van der Waals surface area (Å²) in [6.45, 7) is 2.31. The summed E-state index contributed by atoms with van der Waals surface area (Å²) in [6.07, 6.45) is -1.30. The number of ether oxygens (including phenoxy) is 2. The maximum Gasteiger partial charge on any atom is 0.471 e. The molecule has 1 N–H and O–H groups in total. The van der Waals surface area contributed by atoms with E-state index in [4.69, 9.17) is 9.47 Å². The van der Waals surface area contributed by atoms with Gasteiger partial charge < -0.3 is 19.1 Å². The monoisotopic (exact) mass is 464 g/mol. The van der Waals surface area contributed by atoms with E-state index in [0.29, 0.717) is 23.6 Å². The minimum atomic E-state index is -4.68. The van der Waals surface area contributed by atoms with Gasteiger partial charge in [0.15, 0.2) is 11.5 Å².